The minimum atomic E-state index is -0.829. The van der Waals surface area contributed by atoms with E-state index in [9.17, 15) is 4.79 Å². The lowest BCUT2D eigenvalue weighted by Gasteiger charge is -2.18. The third kappa shape index (κ3) is 4.49. The number of aliphatic carboxylic acids is 1. The van der Waals surface area contributed by atoms with Crippen molar-refractivity contribution in [1.82, 2.24) is 0 Å². The van der Waals surface area contributed by atoms with Crippen LogP contribution >= 0.6 is 0 Å². The summed E-state index contributed by atoms with van der Waals surface area (Å²) in [7, 11) is 0. The van der Waals surface area contributed by atoms with Crippen LogP contribution in [0.1, 0.15) is 44.2 Å². The summed E-state index contributed by atoms with van der Waals surface area (Å²) in [6.07, 6.45) is 0.859. The number of hydrogen-bond acceptors (Lipinski definition) is 2. The van der Waals surface area contributed by atoms with Gasteiger partial charge in [-0.3, -0.25) is 4.79 Å². The van der Waals surface area contributed by atoms with Crippen LogP contribution in [0.3, 0.4) is 0 Å². The van der Waals surface area contributed by atoms with Crippen molar-refractivity contribution in [3.63, 3.8) is 0 Å². The van der Waals surface area contributed by atoms with Gasteiger partial charge in [0, 0.05) is 6.04 Å². The number of nitrogens with two attached hydrogens (primary N) is 1. The summed E-state index contributed by atoms with van der Waals surface area (Å²) < 4.78 is 0. The molecule has 100 valence electrons. The molecule has 0 fully saturated rings. The topological polar surface area (TPSA) is 63.3 Å². The summed E-state index contributed by atoms with van der Waals surface area (Å²) >= 11 is 0. The second kappa shape index (κ2) is 6.55. The molecule has 0 aliphatic rings. The molecule has 3 heteroatoms. The average molecular weight is 249 g/mol. The molecule has 1 aromatic carbocycles. The van der Waals surface area contributed by atoms with Crippen LogP contribution in [0.25, 0.3) is 0 Å². The van der Waals surface area contributed by atoms with Crippen LogP contribution in [0.15, 0.2) is 24.3 Å². The Kier molecular flexibility index (Phi) is 5.35. The second-order valence-electron chi connectivity index (χ2n) is 5.34. The Balaban J connectivity index is 2.58. The Morgan fingerprint density at radius 3 is 2.22 bits per heavy atom. The van der Waals surface area contributed by atoms with Crippen molar-refractivity contribution in [2.45, 2.75) is 45.6 Å². The van der Waals surface area contributed by atoms with E-state index >= 15 is 0 Å². The lowest BCUT2D eigenvalue weighted by atomic mass is 9.91. The van der Waals surface area contributed by atoms with Gasteiger partial charge in [-0.25, -0.2) is 0 Å². The van der Waals surface area contributed by atoms with Crippen molar-refractivity contribution in [2.24, 2.45) is 11.7 Å². The van der Waals surface area contributed by atoms with Gasteiger partial charge in [0.05, 0.1) is 6.42 Å². The van der Waals surface area contributed by atoms with Crippen molar-refractivity contribution in [1.29, 1.82) is 0 Å². The molecule has 18 heavy (non-hydrogen) atoms. The first-order chi connectivity index (χ1) is 8.40. The number of benzene rings is 1. The highest BCUT2D eigenvalue weighted by Crippen LogP contribution is 2.18. The fourth-order valence-corrected chi connectivity index (χ4v) is 1.96. The lowest BCUT2D eigenvalue weighted by Crippen LogP contribution is -2.32. The third-order valence-corrected chi connectivity index (χ3v) is 3.35. The van der Waals surface area contributed by atoms with E-state index in [0.717, 1.165) is 6.42 Å². The van der Waals surface area contributed by atoms with Gasteiger partial charge in [-0.15, -0.1) is 0 Å². The van der Waals surface area contributed by atoms with E-state index in [1.807, 2.05) is 6.92 Å². The van der Waals surface area contributed by atoms with Gasteiger partial charge in [0.25, 0.3) is 0 Å². The molecule has 0 radical (unpaired) electrons. The molecule has 2 atom stereocenters. The first kappa shape index (κ1) is 14.7. The molecule has 0 bridgehead atoms. The van der Waals surface area contributed by atoms with Crippen molar-refractivity contribution >= 4 is 5.97 Å². The number of hydrogen-bond donors (Lipinski definition) is 2. The van der Waals surface area contributed by atoms with E-state index in [-0.39, 0.29) is 18.4 Å². The quantitative estimate of drug-likeness (QED) is 0.815. The smallest absolute Gasteiger partial charge is 0.304 e. The van der Waals surface area contributed by atoms with E-state index in [1.54, 1.807) is 0 Å². The van der Waals surface area contributed by atoms with Crippen LogP contribution < -0.4 is 5.73 Å². The molecule has 0 heterocycles. The average Bonchev–Trinajstić information content (AvgIpc) is 2.28. The maximum Gasteiger partial charge on any atom is 0.304 e. The van der Waals surface area contributed by atoms with Gasteiger partial charge in [0.15, 0.2) is 0 Å². The zero-order chi connectivity index (χ0) is 13.7. The minimum Gasteiger partial charge on any atom is -0.481 e. The van der Waals surface area contributed by atoms with Crippen LogP contribution in [-0.2, 0) is 11.2 Å². The molecule has 0 aliphatic heterocycles. The number of carboxylic acids is 1. The summed E-state index contributed by atoms with van der Waals surface area (Å²) in [5.41, 5.74) is 8.40. The van der Waals surface area contributed by atoms with Crippen molar-refractivity contribution in [3.8, 4) is 0 Å². The van der Waals surface area contributed by atoms with Crippen molar-refractivity contribution in [2.75, 3.05) is 0 Å². The van der Waals surface area contributed by atoms with Crippen molar-refractivity contribution < 1.29 is 9.90 Å². The monoisotopic (exact) mass is 249 g/mol. The molecule has 0 aromatic heterocycles. The Labute approximate surface area is 109 Å². The molecule has 0 amide bonds. The molecule has 1 aromatic rings. The first-order valence-corrected chi connectivity index (χ1v) is 6.46. The predicted octanol–water partition coefficient (Wildman–Crippen LogP) is 2.79. The lowest BCUT2D eigenvalue weighted by molar-refractivity contribution is -0.137. The second-order valence-corrected chi connectivity index (χ2v) is 5.34. The van der Waals surface area contributed by atoms with Crippen LogP contribution in [-0.4, -0.2) is 17.1 Å². The Morgan fingerprint density at radius 1 is 1.22 bits per heavy atom. The summed E-state index contributed by atoms with van der Waals surface area (Å²) in [5, 5.41) is 8.72. The van der Waals surface area contributed by atoms with Gasteiger partial charge >= 0.3 is 5.97 Å². The molecule has 3 N–H and O–H groups in total. The summed E-state index contributed by atoms with van der Waals surface area (Å²) in [5.74, 6) is -0.124. The van der Waals surface area contributed by atoms with E-state index < -0.39 is 5.97 Å². The Morgan fingerprint density at radius 2 is 1.78 bits per heavy atom. The SMILES string of the molecule is CC(C)c1ccc(C[C@@H](C)[C@H](N)CC(=O)O)cc1. The highest BCUT2D eigenvalue weighted by Gasteiger charge is 2.16. The maximum absolute atomic E-state index is 10.6. The number of carboxylic acid groups (broad SMARTS) is 1. The fourth-order valence-electron chi connectivity index (χ4n) is 1.96. The molecule has 3 nitrogen and oxygen atoms in total. The van der Waals surface area contributed by atoms with Gasteiger partial charge in [0.1, 0.15) is 0 Å². The molecule has 0 saturated carbocycles. The fraction of sp³-hybridized carbons (Fsp3) is 0.533. The molecule has 0 aliphatic carbocycles. The van der Waals surface area contributed by atoms with Gasteiger partial charge in [-0.1, -0.05) is 45.0 Å². The van der Waals surface area contributed by atoms with Crippen LogP contribution in [0.4, 0.5) is 0 Å². The van der Waals surface area contributed by atoms with Gasteiger partial charge in [-0.05, 0) is 29.4 Å². The van der Waals surface area contributed by atoms with E-state index in [2.05, 4.69) is 38.1 Å². The summed E-state index contributed by atoms with van der Waals surface area (Å²) in [6, 6.07) is 8.20. The van der Waals surface area contributed by atoms with Crippen LogP contribution in [0, 0.1) is 5.92 Å². The van der Waals surface area contributed by atoms with E-state index in [4.69, 9.17) is 10.8 Å². The largest absolute Gasteiger partial charge is 0.481 e. The standard InChI is InChI=1S/C15H23NO2/c1-10(2)13-6-4-12(5-7-13)8-11(3)14(16)9-15(17)18/h4-7,10-11,14H,8-9,16H2,1-3H3,(H,17,18)/t11-,14-/m1/s1. The molecule has 0 unspecified atom stereocenters. The van der Waals surface area contributed by atoms with Gasteiger partial charge in [-0.2, -0.15) is 0 Å². The summed E-state index contributed by atoms with van der Waals surface area (Å²) in [6.45, 7) is 6.34. The van der Waals surface area contributed by atoms with Gasteiger partial charge in [0.2, 0.25) is 0 Å². The Hall–Kier alpha value is -1.35. The summed E-state index contributed by atoms with van der Waals surface area (Å²) in [4.78, 5) is 10.6. The highest BCUT2D eigenvalue weighted by atomic mass is 16.4. The van der Waals surface area contributed by atoms with Gasteiger partial charge < -0.3 is 10.8 Å². The molecular weight excluding hydrogens is 226 g/mol. The number of rotatable bonds is 6. The zero-order valence-electron chi connectivity index (χ0n) is 11.4. The molecular formula is C15H23NO2. The molecule has 0 spiro atoms. The predicted molar refractivity (Wildman–Crippen MR) is 73.6 cm³/mol. The zero-order valence-corrected chi connectivity index (χ0v) is 11.4. The normalized spacial score (nSPS) is 14.5. The van der Waals surface area contributed by atoms with E-state index in [1.165, 1.54) is 11.1 Å². The van der Waals surface area contributed by atoms with Crippen molar-refractivity contribution in [3.05, 3.63) is 35.4 Å². The van der Waals surface area contributed by atoms with E-state index in [0.29, 0.717) is 5.92 Å². The maximum atomic E-state index is 10.6. The highest BCUT2D eigenvalue weighted by molar-refractivity contribution is 5.67. The Bertz CT molecular complexity index is 384. The number of carbonyl (C=O) groups is 1. The molecule has 1 rings (SSSR count). The molecule has 0 saturated heterocycles. The first-order valence-electron chi connectivity index (χ1n) is 6.46. The third-order valence-electron chi connectivity index (χ3n) is 3.35. The van der Waals surface area contributed by atoms with Crippen LogP contribution in [0.2, 0.25) is 0 Å². The minimum absolute atomic E-state index is 0.0330. The van der Waals surface area contributed by atoms with Crippen LogP contribution in [0.5, 0.6) is 0 Å².